The Morgan fingerprint density at radius 2 is 1.61 bits per heavy atom. The van der Waals surface area contributed by atoms with Gasteiger partial charge in [0.1, 0.15) is 5.65 Å². The van der Waals surface area contributed by atoms with E-state index in [1.165, 1.54) is 27.8 Å². The number of pyridine rings is 3. The zero-order valence-electron chi connectivity index (χ0n) is 14.9. The van der Waals surface area contributed by atoms with E-state index in [-0.39, 0.29) is 0 Å². The number of fused-ring (bicyclic) bond motifs is 12. The lowest BCUT2D eigenvalue weighted by Crippen LogP contribution is -1.94. The Morgan fingerprint density at radius 3 is 2.57 bits per heavy atom. The van der Waals surface area contributed by atoms with E-state index in [0.717, 1.165) is 39.3 Å². The van der Waals surface area contributed by atoms with Crippen LogP contribution in [-0.4, -0.2) is 19.4 Å². The topological polar surface area (TPSA) is 43.1 Å². The van der Waals surface area contributed by atoms with Crippen molar-refractivity contribution in [2.24, 2.45) is 0 Å². The summed E-state index contributed by atoms with van der Waals surface area (Å²) in [5, 5.41) is 3.30. The van der Waals surface area contributed by atoms with Crippen LogP contribution in [-0.2, 0) is 6.42 Å². The molecule has 28 heavy (non-hydrogen) atoms. The molecule has 0 fully saturated rings. The van der Waals surface area contributed by atoms with E-state index in [4.69, 9.17) is 4.98 Å². The van der Waals surface area contributed by atoms with Crippen molar-refractivity contribution in [3.8, 4) is 11.1 Å². The first-order valence-corrected chi connectivity index (χ1v) is 9.42. The highest BCUT2D eigenvalue weighted by Gasteiger charge is 2.24. The Balaban J connectivity index is 1.76. The third-order valence-corrected chi connectivity index (χ3v) is 5.99. The number of hydrogen-bond donors (Lipinski definition) is 0. The molecule has 0 aliphatic heterocycles. The van der Waals surface area contributed by atoms with Gasteiger partial charge < -0.3 is 0 Å². The first kappa shape index (κ1) is 14.3. The summed E-state index contributed by atoms with van der Waals surface area (Å²) < 4.78 is 2.32. The zero-order chi connectivity index (χ0) is 18.2. The van der Waals surface area contributed by atoms with E-state index in [0.29, 0.717) is 0 Å². The fraction of sp³-hybridized carbons (Fsp3) is 0.0417. The summed E-state index contributed by atoms with van der Waals surface area (Å²) in [7, 11) is 0. The summed E-state index contributed by atoms with van der Waals surface area (Å²) in [4.78, 5) is 13.8. The van der Waals surface area contributed by atoms with E-state index >= 15 is 0 Å². The summed E-state index contributed by atoms with van der Waals surface area (Å²) in [5.41, 5.74) is 9.75. The average Bonchev–Trinajstić information content (AvgIpc) is 3.32. The molecular weight excluding hydrogens is 344 g/mol. The maximum atomic E-state index is 5.05. The Labute approximate surface area is 160 Å². The third kappa shape index (κ3) is 1.63. The molecule has 0 N–H and O–H groups in total. The highest BCUT2D eigenvalue weighted by Crippen LogP contribution is 2.42. The fourth-order valence-electron chi connectivity index (χ4n) is 4.80. The molecule has 0 spiro atoms. The second kappa shape index (κ2) is 4.93. The number of imidazole rings is 1. The van der Waals surface area contributed by atoms with Crippen molar-refractivity contribution in [1.29, 1.82) is 0 Å². The Morgan fingerprint density at radius 1 is 0.750 bits per heavy atom. The molecule has 4 nitrogen and oxygen atoms in total. The van der Waals surface area contributed by atoms with Crippen LogP contribution in [0.3, 0.4) is 0 Å². The van der Waals surface area contributed by atoms with Crippen LogP contribution in [0, 0.1) is 0 Å². The first-order valence-electron chi connectivity index (χ1n) is 9.42. The molecule has 0 bridgehead atoms. The van der Waals surface area contributed by atoms with Gasteiger partial charge in [0.15, 0.2) is 0 Å². The molecule has 0 saturated carbocycles. The van der Waals surface area contributed by atoms with Crippen LogP contribution in [0.4, 0.5) is 0 Å². The molecule has 4 heteroatoms. The molecule has 0 unspecified atom stereocenters. The van der Waals surface area contributed by atoms with Crippen LogP contribution < -0.4 is 0 Å². The molecule has 0 atom stereocenters. The van der Waals surface area contributed by atoms with Gasteiger partial charge >= 0.3 is 0 Å². The van der Waals surface area contributed by atoms with Gasteiger partial charge in [-0.3, -0.25) is 14.4 Å². The van der Waals surface area contributed by atoms with Crippen molar-refractivity contribution in [3.05, 3.63) is 84.4 Å². The first-order chi connectivity index (χ1) is 13.9. The second-order valence-corrected chi connectivity index (χ2v) is 7.38. The average molecular weight is 358 g/mol. The fourth-order valence-corrected chi connectivity index (χ4v) is 4.80. The van der Waals surface area contributed by atoms with E-state index in [1.54, 1.807) is 0 Å². The Kier molecular flexibility index (Phi) is 2.51. The van der Waals surface area contributed by atoms with Gasteiger partial charge in [0.25, 0.3) is 0 Å². The molecule has 4 heterocycles. The Hall–Kier alpha value is -3.79. The largest absolute Gasteiger partial charge is 0.291 e. The monoisotopic (exact) mass is 358 g/mol. The van der Waals surface area contributed by atoms with E-state index in [9.17, 15) is 0 Å². The third-order valence-electron chi connectivity index (χ3n) is 5.99. The minimum absolute atomic E-state index is 0.942. The molecule has 0 radical (unpaired) electrons. The number of hydrogen-bond acceptors (Lipinski definition) is 3. The molecule has 1 aliphatic carbocycles. The number of aromatic nitrogens is 4. The molecule has 130 valence electrons. The smallest absolute Gasteiger partial charge is 0.146 e. The lowest BCUT2D eigenvalue weighted by Gasteiger charge is -2.09. The molecule has 4 aromatic heterocycles. The molecule has 6 aromatic rings. The Bertz CT molecular complexity index is 1590. The highest BCUT2D eigenvalue weighted by atomic mass is 15.0. The lowest BCUT2D eigenvalue weighted by molar-refractivity contribution is 1.23. The number of nitrogens with zero attached hydrogens (tertiary/aromatic N) is 4. The maximum Gasteiger partial charge on any atom is 0.146 e. The summed E-state index contributed by atoms with van der Waals surface area (Å²) in [6.45, 7) is 0. The van der Waals surface area contributed by atoms with Crippen LogP contribution in [0.2, 0.25) is 0 Å². The molecule has 2 aromatic carbocycles. The molecule has 1 aliphatic rings. The van der Waals surface area contributed by atoms with E-state index in [2.05, 4.69) is 62.9 Å². The van der Waals surface area contributed by atoms with Crippen LogP contribution >= 0.6 is 0 Å². The second-order valence-electron chi connectivity index (χ2n) is 7.38. The lowest BCUT2D eigenvalue weighted by atomic mass is 10.0. The normalized spacial score (nSPS) is 12.9. The van der Waals surface area contributed by atoms with Gasteiger partial charge in [-0.2, -0.15) is 0 Å². The van der Waals surface area contributed by atoms with Gasteiger partial charge in [0.05, 0.1) is 16.6 Å². The molecule has 7 rings (SSSR count). The molecular formula is C24H14N4. The van der Waals surface area contributed by atoms with Crippen molar-refractivity contribution in [2.45, 2.75) is 6.42 Å². The minimum Gasteiger partial charge on any atom is -0.291 e. The maximum absolute atomic E-state index is 5.05. The zero-order valence-corrected chi connectivity index (χ0v) is 14.9. The van der Waals surface area contributed by atoms with Crippen LogP contribution in [0.15, 0.2) is 73.3 Å². The van der Waals surface area contributed by atoms with Gasteiger partial charge in [-0.05, 0) is 40.5 Å². The molecule has 0 saturated heterocycles. The van der Waals surface area contributed by atoms with Crippen molar-refractivity contribution in [2.75, 3.05) is 0 Å². The van der Waals surface area contributed by atoms with Crippen molar-refractivity contribution in [1.82, 2.24) is 19.4 Å². The van der Waals surface area contributed by atoms with E-state index < -0.39 is 0 Å². The predicted octanol–water partition coefficient (Wildman–Crippen LogP) is 5.16. The van der Waals surface area contributed by atoms with Gasteiger partial charge in [-0.1, -0.05) is 30.3 Å². The van der Waals surface area contributed by atoms with Crippen molar-refractivity contribution in [3.63, 3.8) is 0 Å². The minimum atomic E-state index is 0.942. The summed E-state index contributed by atoms with van der Waals surface area (Å²) in [6, 6.07) is 17.2. The van der Waals surface area contributed by atoms with Crippen LogP contribution in [0.25, 0.3) is 49.5 Å². The predicted molar refractivity (Wildman–Crippen MR) is 112 cm³/mol. The van der Waals surface area contributed by atoms with Gasteiger partial charge in [-0.25, -0.2) is 4.98 Å². The van der Waals surface area contributed by atoms with Crippen LogP contribution in [0.1, 0.15) is 11.1 Å². The van der Waals surface area contributed by atoms with Crippen molar-refractivity contribution < 1.29 is 0 Å². The summed E-state index contributed by atoms with van der Waals surface area (Å²) >= 11 is 0. The van der Waals surface area contributed by atoms with Gasteiger partial charge in [-0.15, -0.1) is 0 Å². The van der Waals surface area contributed by atoms with Gasteiger partial charge in [0, 0.05) is 47.4 Å². The summed E-state index contributed by atoms with van der Waals surface area (Å²) in [6.07, 6.45) is 8.48. The van der Waals surface area contributed by atoms with Gasteiger partial charge in [0.2, 0.25) is 0 Å². The summed E-state index contributed by atoms with van der Waals surface area (Å²) in [5.74, 6) is 0. The van der Waals surface area contributed by atoms with E-state index in [1.807, 2.05) is 24.8 Å². The SMILES string of the molecule is c1ccc2c(c1)Cc1c-2ccc2nc3c4ccncc4c4cnccc4n3c12. The molecule has 0 amide bonds. The van der Waals surface area contributed by atoms with Crippen LogP contribution in [0.5, 0.6) is 0 Å². The van der Waals surface area contributed by atoms with Crippen molar-refractivity contribution >= 4 is 38.4 Å². The highest BCUT2D eigenvalue weighted by molar-refractivity contribution is 6.13. The quantitative estimate of drug-likeness (QED) is 0.352. The number of rotatable bonds is 0. The standard InChI is InChI=1S/C24H14N4/c1-2-4-15-14(3-1)11-18-16(15)5-6-21-23(18)28-22-8-10-26-13-20(22)19-12-25-9-7-17(19)24(28)27-21/h1-10,12-13H,11H2. The number of benzene rings is 2.